The fourth-order valence-electron chi connectivity index (χ4n) is 1.57. The zero-order valence-corrected chi connectivity index (χ0v) is 8.27. The predicted octanol–water partition coefficient (Wildman–Crippen LogP) is 1.51. The Morgan fingerprint density at radius 3 is 2.86 bits per heavy atom. The SMILES string of the molecule is CCN1C[C](c2ccccc2N)C=N1. The summed E-state index contributed by atoms with van der Waals surface area (Å²) >= 11 is 0. The molecule has 0 aromatic heterocycles. The van der Waals surface area contributed by atoms with E-state index in [9.17, 15) is 0 Å². The summed E-state index contributed by atoms with van der Waals surface area (Å²) in [6.07, 6.45) is 1.90. The van der Waals surface area contributed by atoms with Crippen molar-refractivity contribution in [2.75, 3.05) is 18.8 Å². The maximum absolute atomic E-state index is 5.89. The number of benzene rings is 1. The molecule has 1 aromatic carbocycles. The molecule has 0 amide bonds. The van der Waals surface area contributed by atoms with Gasteiger partial charge in [-0.25, -0.2) is 0 Å². The first-order chi connectivity index (χ1) is 6.81. The Morgan fingerprint density at radius 1 is 1.43 bits per heavy atom. The van der Waals surface area contributed by atoms with Gasteiger partial charge < -0.3 is 5.73 Å². The van der Waals surface area contributed by atoms with Crippen LogP contribution in [0.4, 0.5) is 5.69 Å². The molecule has 2 rings (SSSR count). The maximum Gasteiger partial charge on any atom is 0.0700 e. The highest BCUT2D eigenvalue weighted by molar-refractivity contribution is 5.85. The second kappa shape index (κ2) is 3.70. The minimum Gasteiger partial charge on any atom is -0.398 e. The highest BCUT2D eigenvalue weighted by Gasteiger charge is 2.20. The topological polar surface area (TPSA) is 41.6 Å². The van der Waals surface area contributed by atoms with Crippen molar-refractivity contribution in [1.29, 1.82) is 0 Å². The maximum atomic E-state index is 5.89. The van der Waals surface area contributed by atoms with E-state index in [-0.39, 0.29) is 0 Å². The van der Waals surface area contributed by atoms with E-state index in [2.05, 4.69) is 12.0 Å². The lowest BCUT2D eigenvalue weighted by atomic mass is 9.99. The van der Waals surface area contributed by atoms with E-state index >= 15 is 0 Å². The molecule has 0 bridgehead atoms. The van der Waals surface area contributed by atoms with Gasteiger partial charge in [0.15, 0.2) is 0 Å². The summed E-state index contributed by atoms with van der Waals surface area (Å²) in [6, 6.07) is 7.91. The molecule has 14 heavy (non-hydrogen) atoms. The fraction of sp³-hybridized carbons (Fsp3) is 0.273. The summed E-state index contributed by atoms with van der Waals surface area (Å²) in [4.78, 5) is 0. The standard InChI is InChI=1S/C11H14N3/c1-2-14-8-9(7-13-14)10-5-3-4-6-11(10)12/h3-7H,2,8,12H2,1H3. The first-order valence-corrected chi connectivity index (χ1v) is 4.81. The van der Waals surface area contributed by atoms with E-state index < -0.39 is 0 Å². The van der Waals surface area contributed by atoms with Crippen molar-refractivity contribution in [3.8, 4) is 0 Å². The molecule has 1 heterocycles. The van der Waals surface area contributed by atoms with Gasteiger partial charge in [-0.05, 0) is 18.6 Å². The van der Waals surface area contributed by atoms with Gasteiger partial charge in [0.1, 0.15) is 0 Å². The van der Waals surface area contributed by atoms with Crippen LogP contribution in [0, 0.1) is 5.92 Å². The van der Waals surface area contributed by atoms with Crippen molar-refractivity contribution < 1.29 is 0 Å². The van der Waals surface area contributed by atoms with Crippen molar-refractivity contribution in [2.45, 2.75) is 6.92 Å². The predicted molar refractivity (Wildman–Crippen MR) is 58.9 cm³/mol. The third-order valence-corrected chi connectivity index (χ3v) is 2.40. The fourth-order valence-corrected chi connectivity index (χ4v) is 1.57. The summed E-state index contributed by atoms with van der Waals surface area (Å²) in [6.45, 7) is 3.89. The number of hydrogen-bond acceptors (Lipinski definition) is 3. The molecule has 0 fully saturated rings. The van der Waals surface area contributed by atoms with Crippen LogP contribution >= 0.6 is 0 Å². The van der Waals surface area contributed by atoms with Gasteiger partial charge in [-0.15, -0.1) is 0 Å². The van der Waals surface area contributed by atoms with Gasteiger partial charge in [-0.3, -0.25) is 5.01 Å². The van der Waals surface area contributed by atoms with Gasteiger partial charge in [-0.2, -0.15) is 5.10 Å². The Bertz CT molecular complexity index is 346. The molecule has 0 saturated carbocycles. The highest BCUT2D eigenvalue weighted by atomic mass is 15.5. The molecule has 0 atom stereocenters. The van der Waals surface area contributed by atoms with Gasteiger partial charge in [0.05, 0.1) is 12.5 Å². The average Bonchev–Trinajstić information content (AvgIpc) is 2.67. The lowest BCUT2D eigenvalue weighted by Crippen LogP contribution is -2.17. The molecule has 1 radical (unpaired) electrons. The van der Waals surface area contributed by atoms with Crippen LogP contribution in [-0.4, -0.2) is 24.3 Å². The van der Waals surface area contributed by atoms with Crippen LogP contribution in [0.25, 0.3) is 0 Å². The number of hydrogen-bond donors (Lipinski definition) is 1. The normalized spacial score (nSPS) is 16.5. The summed E-state index contributed by atoms with van der Waals surface area (Å²) in [5, 5.41) is 6.28. The molecular formula is C11H14N3. The highest BCUT2D eigenvalue weighted by Crippen LogP contribution is 2.23. The van der Waals surface area contributed by atoms with Crippen molar-refractivity contribution >= 4 is 11.9 Å². The minimum absolute atomic E-state index is 0.826. The lowest BCUT2D eigenvalue weighted by Gasteiger charge is -2.13. The van der Waals surface area contributed by atoms with Crippen LogP contribution in [0.5, 0.6) is 0 Å². The van der Waals surface area contributed by atoms with Crippen molar-refractivity contribution in [2.24, 2.45) is 5.10 Å². The van der Waals surface area contributed by atoms with Gasteiger partial charge in [0.2, 0.25) is 0 Å². The van der Waals surface area contributed by atoms with Crippen molar-refractivity contribution in [1.82, 2.24) is 5.01 Å². The summed E-state index contributed by atoms with van der Waals surface area (Å²) in [7, 11) is 0. The number of nitrogens with two attached hydrogens (primary N) is 1. The second-order valence-corrected chi connectivity index (χ2v) is 3.34. The quantitative estimate of drug-likeness (QED) is 0.715. The third-order valence-electron chi connectivity index (χ3n) is 2.40. The Morgan fingerprint density at radius 2 is 2.21 bits per heavy atom. The van der Waals surface area contributed by atoms with E-state index in [4.69, 9.17) is 5.73 Å². The monoisotopic (exact) mass is 188 g/mol. The smallest absolute Gasteiger partial charge is 0.0700 e. The van der Waals surface area contributed by atoms with Crippen LogP contribution in [0.3, 0.4) is 0 Å². The van der Waals surface area contributed by atoms with Gasteiger partial charge >= 0.3 is 0 Å². The third kappa shape index (κ3) is 1.58. The molecule has 73 valence electrons. The zero-order valence-electron chi connectivity index (χ0n) is 8.27. The lowest BCUT2D eigenvalue weighted by molar-refractivity contribution is 0.345. The first-order valence-electron chi connectivity index (χ1n) is 4.81. The zero-order chi connectivity index (χ0) is 9.97. The van der Waals surface area contributed by atoms with E-state index in [1.165, 1.54) is 5.92 Å². The molecule has 1 aliphatic rings. The molecule has 3 nitrogen and oxygen atoms in total. The summed E-state index contributed by atoms with van der Waals surface area (Å²) in [5.41, 5.74) is 7.82. The van der Waals surface area contributed by atoms with E-state index in [1.54, 1.807) is 0 Å². The molecule has 0 unspecified atom stereocenters. The molecule has 3 heteroatoms. The number of anilines is 1. The largest absolute Gasteiger partial charge is 0.398 e. The van der Waals surface area contributed by atoms with E-state index in [0.29, 0.717) is 0 Å². The Labute approximate surface area is 84.2 Å². The van der Waals surface area contributed by atoms with Crippen LogP contribution in [-0.2, 0) is 0 Å². The first kappa shape index (κ1) is 9.06. The van der Waals surface area contributed by atoms with Crippen LogP contribution in [0.2, 0.25) is 0 Å². The van der Waals surface area contributed by atoms with Crippen LogP contribution < -0.4 is 5.73 Å². The van der Waals surface area contributed by atoms with Crippen molar-refractivity contribution in [3.63, 3.8) is 0 Å². The molecule has 2 N–H and O–H groups in total. The number of nitrogen functional groups attached to an aromatic ring is 1. The molecule has 0 saturated heterocycles. The summed E-state index contributed by atoms with van der Waals surface area (Å²) in [5.74, 6) is 1.20. The van der Waals surface area contributed by atoms with Gasteiger partial charge in [0, 0.05) is 18.4 Å². The Hall–Kier alpha value is -1.51. The number of para-hydroxylation sites is 1. The molecule has 1 aromatic rings. The van der Waals surface area contributed by atoms with Gasteiger partial charge in [0.25, 0.3) is 0 Å². The van der Waals surface area contributed by atoms with Crippen LogP contribution in [0.1, 0.15) is 12.5 Å². The number of nitrogens with zero attached hydrogens (tertiary/aromatic N) is 2. The number of likely N-dealkylation sites (N-methyl/N-ethyl adjacent to an activating group) is 1. The number of rotatable bonds is 2. The molecule has 1 aliphatic heterocycles. The van der Waals surface area contributed by atoms with Crippen molar-refractivity contribution in [3.05, 3.63) is 35.7 Å². The summed E-state index contributed by atoms with van der Waals surface area (Å²) < 4.78 is 0. The molecular weight excluding hydrogens is 174 g/mol. The second-order valence-electron chi connectivity index (χ2n) is 3.34. The average molecular weight is 188 g/mol. The Balaban J connectivity index is 2.18. The number of hydrazone groups is 1. The van der Waals surface area contributed by atoms with Crippen LogP contribution in [0.15, 0.2) is 29.4 Å². The minimum atomic E-state index is 0.826. The van der Waals surface area contributed by atoms with Gasteiger partial charge in [-0.1, -0.05) is 18.2 Å². The molecule has 0 spiro atoms. The van der Waals surface area contributed by atoms with E-state index in [0.717, 1.165) is 24.3 Å². The molecule has 0 aliphatic carbocycles. The Kier molecular flexibility index (Phi) is 2.39. The van der Waals surface area contributed by atoms with E-state index in [1.807, 2.05) is 35.5 Å².